The molecule has 0 unspecified atom stereocenters. The van der Waals surface area contributed by atoms with Crippen molar-refractivity contribution >= 4 is 23.3 Å². The molecule has 0 aliphatic rings. The molecule has 0 radical (unpaired) electrons. The van der Waals surface area contributed by atoms with E-state index in [0.717, 1.165) is 15.9 Å². The molecule has 1 N–H and O–H groups in total. The van der Waals surface area contributed by atoms with Crippen LogP contribution in [0.1, 0.15) is 12.5 Å². The van der Waals surface area contributed by atoms with E-state index in [9.17, 15) is 9.59 Å². The molecule has 3 rings (SSSR count). The first kappa shape index (κ1) is 17.5. The molecule has 0 bridgehead atoms. The summed E-state index contributed by atoms with van der Waals surface area (Å²) in [5.74, 6) is 1.16. The van der Waals surface area contributed by atoms with E-state index in [1.165, 1.54) is 11.6 Å². The molecule has 1 aromatic carbocycles. The number of hydrogen-bond donors (Lipinski definition) is 1. The highest BCUT2D eigenvalue weighted by Crippen LogP contribution is 2.15. The maximum atomic E-state index is 12.5. The van der Waals surface area contributed by atoms with Crippen molar-refractivity contribution in [2.24, 2.45) is 19.2 Å². The van der Waals surface area contributed by atoms with Crippen LogP contribution in [-0.4, -0.2) is 32.0 Å². The van der Waals surface area contributed by atoms with Crippen molar-refractivity contribution in [2.45, 2.75) is 13.5 Å². The molecule has 26 heavy (non-hydrogen) atoms. The first-order valence-corrected chi connectivity index (χ1v) is 8.07. The van der Waals surface area contributed by atoms with Crippen LogP contribution in [0.3, 0.4) is 0 Å². The second-order valence-electron chi connectivity index (χ2n) is 5.70. The van der Waals surface area contributed by atoms with Gasteiger partial charge in [0.25, 0.3) is 5.56 Å². The van der Waals surface area contributed by atoms with Gasteiger partial charge in [0.15, 0.2) is 11.2 Å². The van der Waals surface area contributed by atoms with E-state index in [2.05, 4.69) is 15.5 Å². The molecule has 0 amide bonds. The molecular formula is C17H20N6O3. The lowest BCUT2D eigenvalue weighted by atomic mass is 10.2. The van der Waals surface area contributed by atoms with Crippen molar-refractivity contribution in [2.75, 3.05) is 12.5 Å². The molecule has 0 atom stereocenters. The summed E-state index contributed by atoms with van der Waals surface area (Å²) in [6, 6.07) is 7.41. The Kier molecular flexibility index (Phi) is 4.61. The lowest BCUT2D eigenvalue weighted by Crippen LogP contribution is -2.37. The molecule has 0 fully saturated rings. The van der Waals surface area contributed by atoms with Crippen molar-refractivity contribution in [3.63, 3.8) is 0 Å². The number of hydrazone groups is 1. The van der Waals surface area contributed by atoms with Gasteiger partial charge >= 0.3 is 5.69 Å². The Labute approximate surface area is 149 Å². The van der Waals surface area contributed by atoms with Crippen LogP contribution in [0.2, 0.25) is 0 Å². The third-order valence-electron chi connectivity index (χ3n) is 4.16. The highest BCUT2D eigenvalue weighted by Gasteiger charge is 2.17. The predicted octanol–water partition coefficient (Wildman–Crippen LogP) is 0.908. The number of aryl methyl sites for hydroxylation is 2. The summed E-state index contributed by atoms with van der Waals surface area (Å²) in [6.07, 6.45) is 1.63. The van der Waals surface area contributed by atoms with Crippen LogP contribution >= 0.6 is 0 Å². The van der Waals surface area contributed by atoms with Crippen LogP contribution in [0.25, 0.3) is 11.2 Å². The number of imidazole rings is 1. The topological polar surface area (TPSA) is 95.4 Å². The summed E-state index contributed by atoms with van der Waals surface area (Å²) in [6.45, 7) is 2.40. The summed E-state index contributed by atoms with van der Waals surface area (Å²) in [5.41, 5.74) is 3.60. The van der Waals surface area contributed by atoms with Crippen molar-refractivity contribution in [1.29, 1.82) is 0 Å². The molecule has 0 saturated heterocycles. The zero-order valence-electron chi connectivity index (χ0n) is 15.1. The van der Waals surface area contributed by atoms with Crippen molar-refractivity contribution in [3.8, 4) is 5.75 Å². The van der Waals surface area contributed by atoms with Crippen LogP contribution < -0.4 is 21.4 Å². The largest absolute Gasteiger partial charge is 0.497 e. The second-order valence-corrected chi connectivity index (χ2v) is 5.70. The molecule has 0 spiro atoms. The molecule has 0 aliphatic carbocycles. The number of ether oxygens (including phenoxy) is 1. The molecule has 3 aromatic rings. The molecular weight excluding hydrogens is 336 g/mol. The Bertz CT molecular complexity index is 1090. The second kappa shape index (κ2) is 6.87. The quantitative estimate of drug-likeness (QED) is 0.541. The third-order valence-corrected chi connectivity index (χ3v) is 4.16. The summed E-state index contributed by atoms with van der Waals surface area (Å²) in [5, 5.41) is 4.18. The minimum atomic E-state index is -0.420. The zero-order valence-corrected chi connectivity index (χ0v) is 15.1. The van der Waals surface area contributed by atoms with E-state index in [1.807, 2.05) is 31.2 Å². The van der Waals surface area contributed by atoms with E-state index in [0.29, 0.717) is 23.7 Å². The molecule has 9 heteroatoms. The number of aromatic nitrogens is 4. The number of fused-ring (bicyclic) bond motifs is 1. The highest BCUT2D eigenvalue weighted by molar-refractivity contribution is 5.80. The Morgan fingerprint density at radius 1 is 1.19 bits per heavy atom. The lowest BCUT2D eigenvalue weighted by Gasteiger charge is -2.05. The van der Waals surface area contributed by atoms with Crippen LogP contribution in [0.5, 0.6) is 5.75 Å². The van der Waals surface area contributed by atoms with Crippen LogP contribution in [-0.2, 0) is 20.6 Å². The number of anilines is 1. The van der Waals surface area contributed by atoms with E-state index in [1.54, 1.807) is 24.9 Å². The predicted molar refractivity (Wildman–Crippen MR) is 100 cm³/mol. The number of nitrogens with one attached hydrogen (secondary N) is 1. The van der Waals surface area contributed by atoms with Gasteiger partial charge in [0.05, 0.1) is 13.3 Å². The zero-order chi connectivity index (χ0) is 18.8. The Morgan fingerprint density at radius 2 is 1.88 bits per heavy atom. The Balaban J connectivity index is 1.98. The van der Waals surface area contributed by atoms with Gasteiger partial charge in [0.1, 0.15) is 5.75 Å². The summed E-state index contributed by atoms with van der Waals surface area (Å²) >= 11 is 0. The van der Waals surface area contributed by atoms with Crippen LogP contribution in [0, 0.1) is 0 Å². The smallest absolute Gasteiger partial charge is 0.332 e. The molecule has 9 nitrogen and oxygen atoms in total. The van der Waals surface area contributed by atoms with Gasteiger partial charge in [-0.3, -0.25) is 13.9 Å². The molecule has 2 heterocycles. The Morgan fingerprint density at radius 3 is 2.50 bits per heavy atom. The average molecular weight is 356 g/mol. The van der Waals surface area contributed by atoms with E-state index in [4.69, 9.17) is 4.74 Å². The fraction of sp³-hybridized carbons (Fsp3) is 0.294. The minimum Gasteiger partial charge on any atom is -0.497 e. The van der Waals surface area contributed by atoms with Crippen LogP contribution in [0.4, 0.5) is 5.95 Å². The van der Waals surface area contributed by atoms with Gasteiger partial charge in [-0.1, -0.05) is 0 Å². The first-order valence-electron chi connectivity index (χ1n) is 8.07. The monoisotopic (exact) mass is 356 g/mol. The van der Waals surface area contributed by atoms with E-state index >= 15 is 0 Å². The number of methoxy groups -OCH3 is 1. The summed E-state index contributed by atoms with van der Waals surface area (Å²) in [7, 11) is 4.64. The number of benzene rings is 1. The molecule has 0 saturated carbocycles. The fourth-order valence-electron chi connectivity index (χ4n) is 2.69. The van der Waals surface area contributed by atoms with Crippen molar-refractivity contribution in [3.05, 3.63) is 50.7 Å². The number of hydrogen-bond acceptors (Lipinski definition) is 6. The van der Waals surface area contributed by atoms with E-state index in [-0.39, 0.29) is 5.56 Å². The van der Waals surface area contributed by atoms with Gasteiger partial charge in [-0.2, -0.15) is 10.1 Å². The van der Waals surface area contributed by atoms with Gasteiger partial charge in [-0.15, -0.1) is 0 Å². The highest BCUT2D eigenvalue weighted by atomic mass is 16.5. The summed E-state index contributed by atoms with van der Waals surface area (Å²) in [4.78, 5) is 28.9. The van der Waals surface area contributed by atoms with E-state index < -0.39 is 5.69 Å². The van der Waals surface area contributed by atoms with Crippen LogP contribution in [0.15, 0.2) is 39.0 Å². The maximum absolute atomic E-state index is 12.5. The molecule has 0 aliphatic heterocycles. The van der Waals surface area contributed by atoms with Gasteiger partial charge in [0, 0.05) is 20.6 Å². The maximum Gasteiger partial charge on any atom is 0.332 e. The first-order chi connectivity index (χ1) is 12.5. The fourth-order valence-corrected chi connectivity index (χ4v) is 2.69. The molecule has 2 aromatic heterocycles. The number of rotatable bonds is 5. The molecule has 136 valence electrons. The third kappa shape index (κ3) is 2.87. The van der Waals surface area contributed by atoms with Gasteiger partial charge in [-0.05, 0) is 36.8 Å². The normalized spacial score (nSPS) is 11.4. The van der Waals surface area contributed by atoms with Gasteiger partial charge in [0.2, 0.25) is 5.95 Å². The minimum absolute atomic E-state index is 0.321. The average Bonchev–Trinajstić information content (AvgIpc) is 3.04. The summed E-state index contributed by atoms with van der Waals surface area (Å²) < 4.78 is 9.23. The number of nitrogens with zero attached hydrogens (tertiary/aromatic N) is 5. The van der Waals surface area contributed by atoms with Gasteiger partial charge < -0.3 is 9.30 Å². The standard InChI is InChI=1S/C17H20N6O3/c1-5-23-13-14(21(2)17(25)22(3)15(13)24)19-16(23)20-18-10-11-6-8-12(26-4)9-7-11/h6-10H,5H2,1-4H3,(H,19,20)/b18-10-. The van der Waals surface area contributed by atoms with Crippen molar-refractivity contribution < 1.29 is 4.74 Å². The van der Waals surface area contributed by atoms with Crippen molar-refractivity contribution in [1.82, 2.24) is 18.7 Å². The van der Waals surface area contributed by atoms with Gasteiger partial charge in [-0.25, -0.2) is 10.2 Å². The lowest BCUT2D eigenvalue weighted by molar-refractivity contribution is 0.415. The Hall–Kier alpha value is -3.36. The SMILES string of the molecule is CCn1c(N/N=C\c2ccc(OC)cc2)nc2c1c(=O)n(C)c(=O)n2C.